The Labute approximate surface area is 166 Å². The number of benzene rings is 2. The molecule has 0 aliphatic rings. The molecule has 0 unspecified atom stereocenters. The summed E-state index contributed by atoms with van der Waals surface area (Å²) in [4.78, 5) is 0. The van der Waals surface area contributed by atoms with Gasteiger partial charge in [0, 0.05) is 0 Å². The van der Waals surface area contributed by atoms with Gasteiger partial charge < -0.3 is 5.11 Å². The van der Waals surface area contributed by atoms with Crippen molar-refractivity contribution >= 4 is 0 Å². The second kappa shape index (κ2) is 7.00. The van der Waals surface area contributed by atoms with Crippen LogP contribution in [0.25, 0.3) is 0 Å². The van der Waals surface area contributed by atoms with Crippen molar-refractivity contribution in [2.24, 2.45) is 0 Å². The molecule has 1 nitrogen and oxygen atoms in total. The van der Waals surface area contributed by atoms with Gasteiger partial charge in [-0.25, -0.2) is 0 Å². The van der Waals surface area contributed by atoms with Crippen LogP contribution >= 0.6 is 0 Å². The van der Waals surface area contributed by atoms with E-state index in [0.29, 0.717) is 5.75 Å². The SMILES string of the molecule is Cc1c(C(C)(C)C)cc(Cc2ccc(O)c(C(C)(C)C)c2)cc1C(C)(C)C. The van der Waals surface area contributed by atoms with Crippen molar-refractivity contribution in [1.29, 1.82) is 0 Å². The lowest BCUT2D eigenvalue weighted by Crippen LogP contribution is -2.20. The summed E-state index contributed by atoms with van der Waals surface area (Å²) in [6.07, 6.45) is 0.885. The maximum absolute atomic E-state index is 10.3. The van der Waals surface area contributed by atoms with Crippen LogP contribution in [0.15, 0.2) is 30.3 Å². The monoisotopic (exact) mass is 366 g/mol. The van der Waals surface area contributed by atoms with Crippen molar-refractivity contribution in [3.63, 3.8) is 0 Å². The first-order valence-electron chi connectivity index (χ1n) is 10.1. The Morgan fingerprint density at radius 1 is 0.630 bits per heavy atom. The molecule has 1 heteroatoms. The Morgan fingerprint density at radius 2 is 1.04 bits per heavy atom. The Kier molecular flexibility index (Phi) is 5.59. The quantitative estimate of drug-likeness (QED) is 0.596. The smallest absolute Gasteiger partial charge is 0.119 e. The minimum absolute atomic E-state index is 0.0689. The van der Waals surface area contributed by atoms with Crippen LogP contribution in [-0.2, 0) is 22.7 Å². The van der Waals surface area contributed by atoms with E-state index in [2.05, 4.69) is 93.5 Å². The minimum Gasteiger partial charge on any atom is -0.508 e. The van der Waals surface area contributed by atoms with Crippen molar-refractivity contribution in [2.75, 3.05) is 0 Å². The molecular weight excluding hydrogens is 328 g/mol. The molecule has 2 aromatic carbocycles. The molecule has 0 bridgehead atoms. The van der Waals surface area contributed by atoms with E-state index in [1.54, 1.807) is 0 Å². The first-order chi connectivity index (χ1) is 12.1. The van der Waals surface area contributed by atoms with E-state index in [0.717, 1.165) is 12.0 Å². The molecule has 0 fully saturated rings. The molecule has 0 aromatic heterocycles. The summed E-state index contributed by atoms with van der Waals surface area (Å²) in [6.45, 7) is 22.5. The van der Waals surface area contributed by atoms with Crippen LogP contribution in [-0.4, -0.2) is 5.11 Å². The van der Waals surface area contributed by atoms with E-state index in [4.69, 9.17) is 0 Å². The maximum Gasteiger partial charge on any atom is 0.119 e. The van der Waals surface area contributed by atoms with Gasteiger partial charge in [-0.2, -0.15) is 0 Å². The molecule has 148 valence electrons. The summed E-state index contributed by atoms with van der Waals surface area (Å²) in [6, 6.07) is 10.8. The van der Waals surface area contributed by atoms with E-state index in [1.165, 1.54) is 27.8 Å². The van der Waals surface area contributed by atoms with Gasteiger partial charge in [0.25, 0.3) is 0 Å². The first-order valence-corrected chi connectivity index (χ1v) is 10.1. The number of phenolic OH excluding ortho intramolecular Hbond substituents is 1. The van der Waals surface area contributed by atoms with Crippen molar-refractivity contribution < 1.29 is 5.11 Å². The zero-order chi connectivity index (χ0) is 20.8. The summed E-state index contributed by atoms with van der Waals surface area (Å²) in [7, 11) is 0. The molecule has 2 aromatic rings. The van der Waals surface area contributed by atoms with E-state index in [1.807, 2.05) is 6.07 Å². The lowest BCUT2D eigenvalue weighted by atomic mass is 9.75. The van der Waals surface area contributed by atoms with E-state index in [9.17, 15) is 5.11 Å². The predicted molar refractivity (Wildman–Crippen MR) is 118 cm³/mol. The van der Waals surface area contributed by atoms with Gasteiger partial charge in [-0.3, -0.25) is 0 Å². The second-order valence-corrected chi connectivity index (χ2v) is 11.1. The van der Waals surface area contributed by atoms with E-state index in [-0.39, 0.29) is 16.2 Å². The van der Waals surface area contributed by atoms with Gasteiger partial charge in [0.05, 0.1) is 0 Å². The summed E-state index contributed by atoms with van der Waals surface area (Å²) in [5, 5.41) is 10.3. The van der Waals surface area contributed by atoms with Crippen molar-refractivity contribution in [1.82, 2.24) is 0 Å². The lowest BCUT2D eigenvalue weighted by Gasteiger charge is -2.30. The Morgan fingerprint density at radius 3 is 1.44 bits per heavy atom. The third kappa shape index (κ3) is 4.94. The zero-order valence-electron chi connectivity index (χ0n) is 19.0. The van der Waals surface area contributed by atoms with Crippen LogP contribution < -0.4 is 0 Å². The molecule has 0 heterocycles. The predicted octanol–water partition coefficient (Wildman–Crippen LogP) is 7.18. The molecule has 0 atom stereocenters. The Bertz CT molecular complexity index is 786. The van der Waals surface area contributed by atoms with Crippen molar-refractivity contribution in [3.8, 4) is 5.75 Å². The highest BCUT2D eigenvalue weighted by atomic mass is 16.3. The van der Waals surface area contributed by atoms with Crippen LogP contribution in [0, 0.1) is 6.92 Å². The van der Waals surface area contributed by atoms with E-state index >= 15 is 0 Å². The molecule has 0 aliphatic heterocycles. The molecule has 0 saturated carbocycles. The van der Waals surface area contributed by atoms with Crippen molar-refractivity contribution in [3.05, 3.63) is 63.7 Å². The first kappa shape index (κ1) is 21.5. The largest absolute Gasteiger partial charge is 0.508 e. The summed E-state index contributed by atoms with van der Waals surface area (Å²) in [5.74, 6) is 0.390. The average molecular weight is 367 g/mol. The molecule has 2 rings (SSSR count). The lowest BCUT2D eigenvalue weighted by molar-refractivity contribution is 0.446. The van der Waals surface area contributed by atoms with Crippen LogP contribution in [0.5, 0.6) is 5.75 Å². The number of hydrogen-bond acceptors (Lipinski definition) is 1. The second-order valence-electron chi connectivity index (χ2n) is 11.1. The molecule has 0 aliphatic carbocycles. The summed E-state index contributed by atoms with van der Waals surface area (Å²) < 4.78 is 0. The normalized spacial score (nSPS) is 13.1. The third-order valence-corrected chi connectivity index (χ3v) is 5.36. The average Bonchev–Trinajstić information content (AvgIpc) is 2.47. The number of phenols is 1. The molecule has 0 spiro atoms. The fourth-order valence-electron chi connectivity index (χ4n) is 3.96. The van der Waals surface area contributed by atoms with Gasteiger partial charge in [0.15, 0.2) is 0 Å². The highest BCUT2D eigenvalue weighted by molar-refractivity contribution is 5.47. The molecule has 27 heavy (non-hydrogen) atoms. The standard InChI is InChI=1S/C26H38O/c1-17-20(24(2,3)4)15-19(16-21(17)25(5,6)7)13-18-11-12-23(27)22(14-18)26(8,9)10/h11-12,14-16,27H,13H2,1-10H3. The van der Waals surface area contributed by atoms with E-state index < -0.39 is 0 Å². The molecule has 0 amide bonds. The zero-order valence-corrected chi connectivity index (χ0v) is 19.0. The van der Waals surface area contributed by atoms with Crippen LogP contribution in [0.1, 0.15) is 95.7 Å². The third-order valence-electron chi connectivity index (χ3n) is 5.36. The van der Waals surface area contributed by atoms with Gasteiger partial charge >= 0.3 is 0 Å². The molecule has 1 N–H and O–H groups in total. The summed E-state index contributed by atoms with van der Waals surface area (Å²) >= 11 is 0. The topological polar surface area (TPSA) is 20.2 Å². The highest BCUT2D eigenvalue weighted by Gasteiger charge is 2.25. The number of aromatic hydroxyl groups is 1. The fraction of sp³-hybridized carbons (Fsp3) is 0.538. The Balaban J connectivity index is 2.57. The van der Waals surface area contributed by atoms with Gasteiger partial charge in [0.1, 0.15) is 5.75 Å². The van der Waals surface area contributed by atoms with Gasteiger partial charge in [-0.1, -0.05) is 86.6 Å². The van der Waals surface area contributed by atoms with Gasteiger partial charge in [-0.15, -0.1) is 0 Å². The Hall–Kier alpha value is -1.76. The van der Waals surface area contributed by atoms with Crippen LogP contribution in [0.2, 0.25) is 0 Å². The summed E-state index contributed by atoms with van der Waals surface area (Å²) in [5.41, 5.74) is 8.05. The maximum atomic E-state index is 10.3. The molecule has 0 radical (unpaired) electrons. The van der Waals surface area contributed by atoms with Crippen LogP contribution in [0.3, 0.4) is 0 Å². The number of hydrogen-bond donors (Lipinski definition) is 1. The van der Waals surface area contributed by atoms with Crippen LogP contribution in [0.4, 0.5) is 0 Å². The van der Waals surface area contributed by atoms with Gasteiger partial charge in [0.2, 0.25) is 0 Å². The minimum atomic E-state index is -0.0689. The fourth-order valence-corrected chi connectivity index (χ4v) is 3.96. The van der Waals surface area contributed by atoms with Gasteiger partial charge in [-0.05, 0) is 69.0 Å². The van der Waals surface area contributed by atoms with Crippen molar-refractivity contribution in [2.45, 2.75) is 91.9 Å². The molecular formula is C26H38O. The molecule has 0 saturated heterocycles. The highest BCUT2D eigenvalue weighted by Crippen LogP contribution is 2.36. The number of rotatable bonds is 2.